The minimum atomic E-state index is 1.09. The van der Waals surface area contributed by atoms with Gasteiger partial charge in [-0.3, -0.25) is 0 Å². The highest BCUT2D eigenvalue weighted by molar-refractivity contribution is 6.11. The zero-order valence-corrected chi connectivity index (χ0v) is 8.41. The minimum Gasteiger partial charge on any atom is -0.0654 e. The van der Waals surface area contributed by atoms with Gasteiger partial charge in [-0.05, 0) is 0 Å². The molecule has 0 spiro atoms. The van der Waals surface area contributed by atoms with Crippen LogP contribution < -0.4 is 0 Å². The maximum atomic E-state index is 2.30. The summed E-state index contributed by atoms with van der Waals surface area (Å²) in [6, 6.07) is 0. The van der Waals surface area contributed by atoms with Crippen LogP contribution in [0.1, 0.15) is 39.5 Å². The van der Waals surface area contributed by atoms with Gasteiger partial charge in [0.1, 0.15) is 0 Å². The molecule has 0 aromatic heterocycles. The maximum absolute atomic E-state index is 2.30. The smallest absolute Gasteiger partial charge is 0.00671 e. The second-order valence-corrected chi connectivity index (χ2v) is 4.29. The molecule has 1 unspecified atom stereocenters. The zero-order chi connectivity index (χ0) is 6.41. The Bertz CT molecular complexity index is 43.7. The topological polar surface area (TPSA) is 0 Å². The summed E-state index contributed by atoms with van der Waals surface area (Å²) in [5.74, 6) is 0. The van der Waals surface area contributed by atoms with E-state index < -0.39 is 0 Å². The minimum absolute atomic E-state index is 1.09. The van der Waals surface area contributed by atoms with Crippen molar-refractivity contribution in [3.05, 3.63) is 0 Å². The van der Waals surface area contributed by atoms with Crippen molar-refractivity contribution in [2.45, 2.75) is 45.1 Å². The Morgan fingerprint density at radius 2 is 2.00 bits per heavy atom. The van der Waals surface area contributed by atoms with Crippen LogP contribution in [0.5, 0.6) is 0 Å². The van der Waals surface area contributed by atoms with E-state index in [4.69, 9.17) is 0 Å². The second kappa shape index (κ2) is 5.36. The van der Waals surface area contributed by atoms with Crippen molar-refractivity contribution < 1.29 is 0 Å². The van der Waals surface area contributed by atoms with Gasteiger partial charge in [-0.15, -0.1) is 0 Å². The summed E-state index contributed by atoms with van der Waals surface area (Å²) < 4.78 is 0. The van der Waals surface area contributed by atoms with E-state index >= 15 is 0 Å². The Kier molecular flexibility index (Phi) is 5.50. The first kappa shape index (κ1) is 8.22. The molecule has 0 aliphatic carbocycles. The second-order valence-electron chi connectivity index (χ2n) is 2.66. The molecule has 0 N–H and O–H groups in total. The summed E-state index contributed by atoms with van der Waals surface area (Å²) >= 11 is 0. The average molecular weight is 130 g/mol. The monoisotopic (exact) mass is 130 g/mol. The van der Waals surface area contributed by atoms with Gasteiger partial charge in [-0.2, -0.15) is 0 Å². The normalized spacial score (nSPS) is 14.2. The Hall–Kier alpha value is 0.217. The molecule has 0 aliphatic heterocycles. The molecule has 1 atom stereocenters. The van der Waals surface area contributed by atoms with Crippen LogP contribution in [-0.2, 0) is 0 Å². The largest absolute Gasteiger partial charge is 0.0654 e. The predicted molar refractivity (Wildman–Crippen MR) is 43.5 cm³/mol. The number of hydrogen-bond acceptors (Lipinski definition) is 0. The summed E-state index contributed by atoms with van der Waals surface area (Å²) in [5, 5.41) is 0. The molecule has 0 aromatic rings. The van der Waals surface area contributed by atoms with E-state index in [1.54, 1.807) is 0 Å². The fraction of sp³-hybridized carbons (Fsp3) is 1.00. The van der Waals surface area contributed by atoms with Gasteiger partial charge in [0.15, 0.2) is 0 Å². The molecule has 0 rings (SSSR count). The summed E-state index contributed by atoms with van der Waals surface area (Å²) in [6.45, 7) is 4.57. The SMILES string of the molecule is CCCCC([SiH3])CC. The Labute approximate surface area is 56.1 Å². The highest BCUT2D eigenvalue weighted by Crippen LogP contribution is 2.13. The molecule has 1 heteroatoms. The molecule has 0 aromatic carbocycles. The van der Waals surface area contributed by atoms with Crippen LogP contribution in [0.2, 0.25) is 5.54 Å². The molecular formula is C7H18Si. The van der Waals surface area contributed by atoms with E-state index in [-0.39, 0.29) is 0 Å². The number of rotatable bonds is 4. The van der Waals surface area contributed by atoms with Crippen molar-refractivity contribution in [2.24, 2.45) is 0 Å². The van der Waals surface area contributed by atoms with E-state index in [0.29, 0.717) is 0 Å². The van der Waals surface area contributed by atoms with E-state index in [9.17, 15) is 0 Å². The van der Waals surface area contributed by atoms with Crippen molar-refractivity contribution in [3.63, 3.8) is 0 Å². The first-order valence-electron chi connectivity index (χ1n) is 3.81. The lowest BCUT2D eigenvalue weighted by molar-refractivity contribution is 0.655. The van der Waals surface area contributed by atoms with Crippen molar-refractivity contribution >= 4 is 10.2 Å². The van der Waals surface area contributed by atoms with E-state index in [1.807, 2.05) is 0 Å². The first-order chi connectivity index (χ1) is 3.81. The van der Waals surface area contributed by atoms with E-state index in [1.165, 1.54) is 35.9 Å². The van der Waals surface area contributed by atoms with Crippen molar-refractivity contribution in [1.82, 2.24) is 0 Å². The predicted octanol–water partition coefficient (Wildman–Crippen LogP) is 1.74. The van der Waals surface area contributed by atoms with Crippen LogP contribution >= 0.6 is 0 Å². The molecule has 0 nitrogen and oxygen atoms in total. The molecule has 50 valence electrons. The van der Waals surface area contributed by atoms with Gasteiger partial charge < -0.3 is 0 Å². The summed E-state index contributed by atoms with van der Waals surface area (Å²) in [6.07, 6.45) is 5.71. The lowest BCUT2D eigenvalue weighted by atomic mass is 10.2. The fourth-order valence-electron chi connectivity index (χ4n) is 0.757. The van der Waals surface area contributed by atoms with Crippen molar-refractivity contribution in [3.8, 4) is 0 Å². The van der Waals surface area contributed by atoms with Crippen molar-refractivity contribution in [2.75, 3.05) is 0 Å². The van der Waals surface area contributed by atoms with Crippen molar-refractivity contribution in [1.29, 1.82) is 0 Å². The van der Waals surface area contributed by atoms with Gasteiger partial charge in [0.05, 0.1) is 0 Å². The summed E-state index contributed by atoms with van der Waals surface area (Å²) in [7, 11) is 1.40. The van der Waals surface area contributed by atoms with Gasteiger partial charge >= 0.3 is 0 Å². The van der Waals surface area contributed by atoms with E-state index in [2.05, 4.69) is 13.8 Å². The molecule has 0 radical (unpaired) electrons. The van der Waals surface area contributed by atoms with Crippen LogP contribution in [0.3, 0.4) is 0 Å². The highest BCUT2D eigenvalue weighted by Gasteiger charge is 1.94. The third-order valence-electron chi connectivity index (χ3n) is 1.75. The molecule has 0 aliphatic rings. The molecule has 0 bridgehead atoms. The van der Waals surface area contributed by atoms with Gasteiger partial charge in [0.2, 0.25) is 0 Å². The summed E-state index contributed by atoms with van der Waals surface area (Å²) in [4.78, 5) is 0. The first-order valence-corrected chi connectivity index (χ1v) is 4.96. The maximum Gasteiger partial charge on any atom is 0.00671 e. The molecule has 8 heavy (non-hydrogen) atoms. The Morgan fingerprint density at radius 1 is 1.38 bits per heavy atom. The van der Waals surface area contributed by atoms with Gasteiger partial charge in [0, 0.05) is 10.2 Å². The Balaban J connectivity index is 2.86. The van der Waals surface area contributed by atoms with Gasteiger partial charge in [-0.25, -0.2) is 0 Å². The third kappa shape index (κ3) is 4.38. The highest BCUT2D eigenvalue weighted by atomic mass is 28.1. The quantitative estimate of drug-likeness (QED) is 0.509. The lowest BCUT2D eigenvalue weighted by Gasteiger charge is -2.04. The van der Waals surface area contributed by atoms with Crippen LogP contribution in [0.4, 0.5) is 0 Å². The molecule has 0 saturated carbocycles. The molecule has 0 fully saturated rings. The molecule has 0 amide bonds. The Morgan fingerprint density at radius 3 is 2.38 bits per heavy atom. The van der Waals surface area contributed by atoms with Crippen LogP contribution in [0.25, 0.3) is 0 Å². The molecule has 0 saturated heterocycles. The van der Waals surface area contributed by atoms with Gasteiger partial charge in [0.25, 0.3) is 0 Å². The van der Waals surface area contributed by atoms with Crippen LogP contribution in [0.15, 0.2) is 0 Å². The summed E-state index contributed by atoms with van der Waals surface area (Å²) in [5.41, 5.74) is 1.09. The fourth-order valence-corrected chi connectivity index (χ4v) is 1.16. The van der Waals surface area contributed by atoms with Crippen LogP contribution in [0, 0.1) is 0 Å². The van der Waals surface area contributed by atoms with Crippen LogP contribution in [-0.4, -0.2) is 10.2 Å². The van der Waals surface area contributed by atoms with Gasteiger partial charge in [-0.1, -0.05) is 45.1 Å². The number of unbranched alkanes of at least 4 members (excludes halogenated alkanes) is 1. The van der Waals surface area contributed by atoms with E-state index in [0.717, 1.165) is 5.54 Å². The zero-order valence-electron chi connectivity index (χ0n) is 6.41. The molecular weight excluding hydrogens is 112 g/mol. The molecule has 0 heterocycles. The third-order valence-corrected chi connectivity index (χ3v) is 3.14. The number of hydrogen-bond donors (Lipinski definition) is 0. The standard InChI is InChI=1S/C7H18Si/c1-3-5-6-7(8)4-2/h7H,3-6H2,1-2,8H3. The lowest BCUT2D eigenvalue weighted by Crippen LogP contribution is -1.88. The average Bonchev–Trinajstić information content (AvgIpc) is 1.83.